The number of hydrogen-bond donors (Lipinski definition) is 1. The molecular formula is C30H35FN2O2. The molecule has 5 rings (SSSR count). The van der Waals surface area contributed by atoms with Gasteiger partial charge in [-0.3, -0.25) is 0 Å². The topological polar surface area (TPSA) is 33.7 Å². The minimum atomic E-state index is -0.208. The summed E-state index contributed by atoms with van der Waals surface area (Å²) in [6.45, 7) is 2.73. The maximum absolute atomic E-state index is 13.6. The van der Waals surface area contributed by atoms with Crippen LogP contribution in [0.3, 0.4) is 0 Å². The molecule has 0 aliphatic carbocycles. The molecule has 0 bridgehead atoms. The smallest absolute Gasteiger partial charge is 0.123 e. The van der Waals surface area contributed by atoms with Crippen LogP contribution in [-0.4, -0.2) is 32.8 Å². The highest BCUT2D eigenvalue weighted by molar-refractivity contribution is 5.54. The van der Waals surface area contributed by atoms with Gasteiger partial charge >= 0.3 is 0 Å². The fraction of sp³-hybridized carbons (Fsp3) is 0.400. The highest BCUT2D eigenvalue weighted by atomic mass is 19.1. The summed E-state index contributed by atoms with van der Waals surface area (Å²) in [5.41, 5.74) is 4.90. The maximum Gasteiger partial charge on any atom is 0.123 e. The Morgan fingerprint density at radius 2 is 1.89 bits per heavy atom. The van der Waals surface area contributed by atoms with Crippen molar-refractivity contribution in [2.75, 3.05) is 31.7 Å². The van der Waals surface area contributed by atoms with E-state index in [1.54, 1.807) is 19.2 Å². The lowest BCUT2D eigenvalue weighted by Gasteiger charge is -2.39. The van der Waals surface area contributed by atoms with Crippen LogP contribution in [0.5, 0.6) is 11.5 Å². The first kappa shape index (κ1) is 23.7. The van der Waals surface area contributed by atoms with E-state index in [1.807, 2.05) is 18.2 Å². The summed E-state index contributed by atoms with van der Waals surface area (Å²) in [5.74, 6) is 1.61. The van der Waals surface area contributed by atoms with Gasteiger partial charge in [0.1, 0.15) is 17.3 Å². The Balaban J connectivity index is 1.35. The van der Waals surface area contributed by atoms with Gasteiger partial charge in [0.15, 0.2) is 0 Å². The van der Waals surface area contributed by atoms with Gasteiger partial charge in [0.05, 0.1) is 19.8 Å². The SMILES string of the molecule is COc1ccc2c(c1)CCN(c1ccc(F)cc1)C2Cc1cccc(OCCC2CCCCN2)c1. The predicted octanol–water partition coefficient (Wildman–Crippen LogP) is 6.09. The molecule has 2 atom stereocenters. The molecule has 0 aromatic heterocycles. The molecular weight excluding hydrogens is 439 g/mol. The molecule has 0 saturated carbocycles. The van der Waals surface area contributed by atoms with Gasteiger partial charge in [0.2, 0.25) is 0 Å². The third-order valence-corrected chi connectivity index (χ3v) is 7.34. The van der Waals surface area contributed by atoms with Gasteiger partial charge in [0.25, 0.3) is 0 Å². The number of halogens is 1. The molecule has 3 aromatic carbocycles. The van der Waals surface area contributed by atoms with Gasteiger partial charge < -0.3 is 19.7 Å². The van der Waals surface area contributed by atoms with Crippen LogP contribution in [0.1, 0.15) is 48.4 Å². The summed E-state index contributed by atoms with van der Waals surface area (Å²) in [5, 5.41) is 3.59. The summed E-state index contributed by atoms with van der Waals surface area (Å²) < 4.78 is 25.3. The first-order valence-corrected chi connectivity index (χ1v) is 12.8. The number of methoxy groups -OCH3 is 1. The van der Waals surface area contributed by atoms with E-state index in [4.69, 9.17) is 9.47 Å². The minimum absolute atomic E-state index is 0.150. The molecule has 1 fully saturated rings. The molecule has 0 radical (unpaired) electrons. The standard InChI is InChI=1S/C30H35FN2O2/c1-34-27-12-13-29-23(21-27)14-17-33(26-10-8-24(31)9-11-26)30(29)20-22-5-4-7-28(19-22)35-18-15-25-6-2-3-16-32-25/h4-5,7-13,19,21,25,30,32H,2-3,6,14-18,20H2,1H3. The lowest BCUT2D eigenvalue weighted by Crippen LogP contribution is -2.36. The summed E-state index contributed by atoms with van der Waals surface area (Å²) >= 11 is 0. The summed E-state index contributed by atoms with van der Waals surface area (Å²) in [6.07, 6.45) is 6.66. The number of hydrogen-bond acceptors (Lipinski definition) is 4. The van der Waals surface area contributed by atoms with Gasteiger partial charge in [-0.25, -0.2) is 4.39 Å². The summed E-state index contributed by atoms with van der Waals surface area (Å²) in [4.78, 5) is 2.40. The fourth-order valence-corrected chi connectivity index (χ4v) is 5.45. The van der Waals surface area contributed by atoms with E-state index >= 15 is 0 Å². The van der Waals surface area contributed by atoms with Crippen LogP contribution in [-0.2, 0) is 12.8 Å². The van der Waals surface area contributed by atoms with Crippen LogP contribution in [0.15, 0.2) is 66.7 Å². The lowest BCUT2D eigenvalue weighted by atomic mass is 9.88. The van der Waals surface area contributed by atoms with Crippen molar-refractivity contribution in [2.24, 2.45) is 0 Å². The first-order valence-electron chi connectivity index (χ1n) is 12.8. The van der Waals surface area contributed by atoms with Crippen LogP contribution in [0.4, 0.5) is 10.1 Å². The van der Waals surface area contributed by atoms with Crippen LogP contribution in [0.2, 0.25) is 0 Å². The second kappa shape index (κ2) is 11.1. The van der Waals surface area contributed by atoms with Crippen LogP contribution in [0.25, 0.3) is 0 Å². The van der Waals surface area contributed by atoms with Gasteiger partial charge in [-0.05, 0) is 104 Å². The highest BCUT2D eigenvalue weighted by Crippen LogP contribution is 2.38. The van der Waals surface area contributed by atoms with Crippen LogP contribution in [0, 0.1) is 5.82 Å². The Bertz CT molecular complexity index is 1110. The van der Waals surface area contributed by atoms with Crippen molar-refractivity contribution in [3.63, 3.8) is 0 Å². The first-order chi connectivity index (χ1) is 17.2. The van der Waals surface area contributed by atoms with Crippen molar-refractivity contribution in [3.8, 4) is 11.5 Å². The van der Waals surface area contributed by atoms with E-state index in [1.165, 1.54) is 36.0 Å². The summed E-state index contributed by atoms with van der Waals surface area (Å²) in [7, 11) is 1.71. The molecule has 5 heteroatoms. The maximum atomic E-state index is 13.6. The quantitative estimate of drug-likeness (QED) is 0.428. The van der Waals surface area contributed by atoms with Crippen molar-refractivity contribution >= 4 is 5.69 Å². The molecule has 2 heterocycles. The Kier molecular flexibility index (Phi) is 7.53. The molecule has 2 aliphatic rings. The zero-order valence-corrected chi connectivity index (χ0v) is 20.5. The number of rotatable bonds is 8. The molecule has 1 saturated heterocycles. The number of benzene rings is 3. The molecule has 3 aromatic rings. The van der Waals surface area contributed by atoms with Gasteiger partial charge in [-0.1, -0.05) is 24.6 Å². The van der Waals surface area contributed by atoms with Crippen molar-refractivity contribution < 1.29 is 13.9 Å². The number of nitrogens with zero attached hydrogens (tertiary/aromatic N) is 1. The summed E-state index contributed by atoms with van der Waals surface area (Å²) in [6, 6.07) is 22.5. The van der Waals surface area contributed by atoms with E-state index < -0.39 is 0 Å². The number of nitrogens with one attached hydrogen (secondary N) is 1. The van der Waals surface area contributed by atoms with E-state index in [0.717, 1.165) is 56.1 Å². The molecule has 0 amide bonds. The third kappa shape index (κ3) is 5.79. The largest absolute Gasteiger partial charge is 0.497 e. The molecule has 2 aliphatic heterocycles. The van der Waals surface area contributed by atoms with E-state index in [0.29, 0.717) is 6.04 Å². The Labute approximate surface area is 208 Å². The molecule has 2 unspecified atom stereocenters. The molecule has 1 N–H and O–H groups in total. The second-order valence-corrected chi connectivity index (χ2v) is 9.64. The zero-order valence-electron chi connectivity index (χ0n) is 20.5. The van der Waals surface area contributed by atoms with Crippen molar-refractivity contribution in [3.05, 3.63) is 89.2 Å². The van der Waals surface area contributed by atoms with Gasteiger partial charge in [-0.15, -0.1) is 0 Å². The third-order valence-electron chi connectivity index (χ3n) is 7.34. The Hall–Kier alpha value is -3.05. The Morgan fingerprint density at radius 3 is 2.69 bits per heavy atom. The van der Waals surface area contributed by atoms with Crippen molar-refractivity contribution in [1.82, 2.24) is 5.32 Å². The van der Waals surface area contributed by atoms with Crippen LogP contribution < -0.4 is 19.7 Å². The molecule has 184 valence electrons. The normalized spacial score (nSPS) is 19.8. The van der Waals surface area contributed by atoms with Crippen molar-refractivity contribution in [2.45, 2.75) is 50.6 Å². The molecule has 4 nitrogen and oxygen atoms in total. The monoisotopic (exact) mass is 474 g/mol. The fourth-order valence-electron chi connectivity index (χ4n) is 5.45. The molecule has 0 spiro atoms. The zero-order chi connectivity index (χ0) is 24.0. The average Bonchev–Trinajstić information content (AvgIpc) is 2.90. The lowest BCUT2D eigenvalue weighted by molar-refractivity contribution is 0.268. The van der Waals surface area contributed by atoms with E-state index in [-0.39, 0.29) is 11.9 Å². The van der Waals surface area contributed by atoms with Gasteiger partial charge in [-0.2, -0.15) is 0 Å². The Morgan fingerprint density at radius 1 is 1.00 bits per heavy atom. The van der Waals surface area contributed by atoms with Gasteiger partial charge in [0, 0.05) is 18.3 Å². The number of anilines is 1. The number of piperidine rings is 1. The average molecular weight is 475 g/mol. The number of fused-ring (bicyclic) bond motifs is 1. The second-order valence-electron chi connectivity index (χ2n) is 9.64. The number of ether oxygens (including phenoxy) is 2. The minimum Gasteiger partial charge on any atom is -0.497 e. The van der Waals surface area contributed by atoms with E-state index in [2.05, 4.69) is 46.6 Å². The predicted molar refractivity (Wildman–Crippen MR) is 139 cm³/mol. The van der Waals surface area contributed by atoms with Crippen LogP contribution >= 0.6 is 0 Å². The highest BCUT2D eigenvalue weighted by Gasteiger charge is 2.28. The van der Waals surface area contributed by atoms with E-state index in [9.17, 15) is 4.39 Å². The van der Waals surface area contributed by atoms with Crippen molar-refractivity contribution in [1.29, 1.82) is 0 Å². The molecule has 35 heavy (non-hydrogen) atoms.